The third-order valence-electron chi connectivity index (χ3n) is 1.85. The maximum atomic E-state index is 11.7. The molecule has 0 saturated carbocycles. The normalized spacial score (nSPS) is 11.4. The Kier molecular flexibility index (Phi) is 3.37. The van der Waals surface area contributed by atoms with E-state index in [0.29, 0.717) is 11.1 Å². The van der Waals surface area contributed by atoms with E-state index in [9.17, 15) is 4.79 Å². The highest BCUT2D eigenvalue weighted by Crippen LogP contribution is 2.12. The molecule has 0 bridgehead atoms. The Labute approximate surface area is 92.0 Å². The van der Waals surface area contributed by atoms with Gasteiger partial charge in [-0.15, -0.1) is 0 Å². The zero-order chi connectivity index (χ0) is 10.8. The molecule has 0 aliphatic rings. The molecule has 0 saturated heterocycles. The van der Waals surface area contributed by atoms with Crippen molar-refractivity contribution in [2.75, 3.05) is 5.33 Å². The minimum atomic E-state index is -0.268. The Balaban J connectivity index is 2.73. The van der Waals surface area contributed by atoms with Crippen LogP contribution in [-0.4, -0.2) is 16.8 Å². The lowest BCUT2D eigenvalue weighted by Crippen LogP contribution is -2.44. The van der Waals surface area contributed by atoms with Crippen LogP contribution in [0.25, 0.3) is 0 Å². The average Bonchev–Trinajstić information content (AvgIpc) is 2.51. The van der Waals surface area contributed by atoms with E-state index < -0.39 is 0 Å². The van der Waals surface area contributed by atoms with Crippen LogP contribution < -0.4 is 5.32 Å². The van der Waals surface area contributed by atoms with E-state index in [1.165, 1.54) is 6.26 Å². The lowest BCUT2D eigenvalue weighted by atomic mass is 10.1. The first kappa shape index (κ1) is 11.3. The van der Waals surface area contributed by atoms with Crippen molar-refractivity contribution >= 4 is 21.8 Å². The standard InChI is InChI=1S/C10H14BrNO2/c1-7-4-5-14-8(7)9(13)12-10(2,3)6-11/h4-5H,6H2,1-3H3,(H,12,13). The molecule has 1 aromatic rings. The van der Waals surface area contributed by atoms with Crippen LogP contribution in [0.1, 0.15) is 30.0 Å². The van der Waals surface area contributed by atoms with Gasteiger partial charge in [-0.3, -0.25) is 4.79 Å². The number of rotatable bonds is 3. The summed E-state index contributed by atoms with van der Waals surface area (Å²) in [6.07, 6.45) is 1.52. The Morgan fingerprint density at radius 2 is 2.29 bits per heavy atom. The van der Waals surface area contributed by atoms with Crippen molar-refractivity contribution in [3.63, 3.8) is 0 Å². The summed E-state index contributed by atoms with van der Waals surface area (Å²) in [4.78, 5) is 11.7. The van der Waals surface area contributed by atoms with Crippen molar-refractivity contribution in [1.29, 1.82) is 0 Å². The summed E-state index contributed by atoms with van der Waals surface area (Å²) in [6, 6.07) is 1.77. The first-order valence-corrected chi connectivity index (χ1v) is 5.51. The second kappa shape index (κ2) is 4.17. The fourth-order valence-electron chi connectivity index (χ4n) is 1.00. The van der Waals surface area contributed by atoms with E-state index in [0.717, 1.165) is 5.56 Å². The molecule has 0 radical (unpaired) electrons. The molecule has 0 atom stereocenters. The van der Waals surface area contributed by atoms with Crippen LogP contribution in [0.4, 0.5) is 0 Å². The van der Waals surface area contributed by atoms with Gasteiger partial charge in [0.2, 0.25) is 0 Å². The molecule has 0 aliphatic heterocycles. The summed E-state index contributed by atoms with van der Waals surface area (Å²) >= 11 is 3.34. The Hall–Kier alpha value is -0.770. The lowest BCUT2D eigenvalue weighted by molar-refractivity contribution is 0.0892. The van der Waals surface area contributed by atoms with Crippen molar-refractivity contribution in [2.45, 2.75) is 26.3 Å². The quantitative estimate of drug-likeness (QED) is 0.848. The average molecular weight is 260 g/mol. The Morgan fingerprint density at radius 3 is 2.71 bits per heavy atom. The lowest BCUT2D eigenvalue weighted by Gasteiger charge is -2.22. The predicted molar refractivity (Wildman–Crippen MR) is 58.8 cm³/mol. The van der Waals surface area contributed by atoms with E-state index in [4.69, 9.17) is 4.42 Å². The van der Waals surface area contributed by atoms with Crippen LogP contribution in [0.3, 0.4) is 0 Å². The van der Waals surface area contributed by atoms with Gasteiger partial charge in [0.25, 0.3) is 5.91 Å². The van der Waals surface area contributed by atoms with Crippen molar-refractivity contribution in [1.82, 2.24) is 5.32 Å². The van der Waals surface area contributed by atoms with E-state index >= 15 is 0 Å². The second-order valence-electron chi connectivity index (χ2n) is 3.90. The van der Waals surface area contributed by atoms with Gasteiger partial charge in [0.1, 0.15) is 0 Å². The highest BCUT2D eigenvalue weighted by molar-refractivity contribution is 9.09. The van der Waals surface area contributed by atoms with Gasteiger partial charge in [-0.05, 0) is 26.8 Å². The van der Waals surface area contributed by atoms with Gasteiger partial charge in [0.15, 0.2) is 5.76 Å². The first-order valence-electron chi connectivity index (χ1n) is 4.39. The molecule has 0 aromatic carbocycles. The number of amides is 1. The first-order chi connectivity index (χ1) is 6.46. The van der Waals surface area contributed by atoms with Gasteiger partial charge < -0.3 is 9.73 Å². The number of carbonyl (C=O) groups excluding carboxylic acids is 1. The highest BCUT2D eigenvalue weighted by atomic mass is 79.9. The minimum absolute atomic E-state index is 0.169. The zero-order valence-corrected chi connectivity index (χ0v) is 10.1. The van der Waals surface area contributed by atoms with Gasteiger partial charge in [0.05, 0.1) is 6.26 Å². The second-order valence-corrected chi connectivity index (χ2v) is 4.47. The maximum Gasteiger partial charge on any atom is 0.287 e. The summed E-state index contributed by atoms with van der Waals surface area (Å²) in [5.41, 5.74) is 0.587. The van der Waals surface area contributed by atoms with E-state index in [1.54, 1.807) is 6.07 Å². The third-order valence-corrected chi connectivity index (χ3v) is 3.26. The fraction of sp³-hybridized carbons (Fsp3) is 0.500. The zero-order valence-electron chi connectivity index (χ0n) is 8.56. The maximum absolute atomic E-state index is 11.7. The molecule has 1 aromatic heterocycles. The molecule has 0 unspecified atom stereocenters. The van der Waals surface area contributed by atoms with Crippen molar-refractivity contribution in [2.24, 2.45) is 0 Å². The molecule has 0 spiro atoms. The molecule has 1 heterocycles. The number of aryl methyl sites for hydroxylation is 1. The summed E-state index contributed by atoms with van der Waals surface area (Å²) in [7, 11) is 0. The van der Waals surface area contributed by atoms with E-state index in [-0.39, 0.29) is 11.4 Å². The van der Waals surface area contributed by atoms with Crippen LogP contribution >= 0.6 is 15.9 Å². The van der Waals surface area contributed by atoms with Crippen LogP contribution in [-0.2, 0) is 0 Å². The monoisotopic (exact) mass is 259 g/mol. The summed E-state index contributed by atoms with van der Waals surface area (Å²) in [6.45, 7) is 5.73. The van der Waals surface area contributed by atoms with E-state index in [2.05, 4.69) is 21.2 Å². The fourth-order valence-corrected chi connectivity index (χ4v) is 1.14. The van der Waals surface area contributed by atoms with Crippen LogP contribution in [0.5, 0.6) is 0 Å². The number of nitrogens with one attached hydrogen (secondary N) is 1. The molecule has 0 aliphatic carbocycles. The van der Waals surface area contributed by atoms with E-state index in [1.807, 2.05) is 20.8 Å². The van der Waals surface area contributed by atoms with Gasteiger partial charge in [0, 0.05) is 16.4 Å². The van der Waals surface area contributed by atoms with Crippen molar-refractivity contribution in [3.8, 4) is 0 Å². The summed E-state index contributed by atoms with van der Waals surface area (Å²) in [5, 5.41) is 3.57. The number of alkyl halides is 1. The number of hydrogen-bond acceptors (Lipinski definition) is 2. The molecule has 1 amide bonds. The molecule has 3 nitrogen and oxygen atoms in total. The topological polar surface area (TPSA) is 42.2 Å². The summed E-state index contributed by atoms with van der Waals surface area (Å²) < 4.78 is 5.09. The SMILES string of the molecule is Cc1ccoc1C(=O)NC(C)(C)CBr. The van der Waals surface area contributed by atoms with Crippen LogP contribution in [0.2, 0.25) is 0 Å². The minimum Gasteiger partial charge on any atom is -0.459 e. The molecule has 1 rings (SSSR count). The number of hydrogen-bond donors (Lipinski definition) is 1. The smallest absolute Gasteiger partial charge is 0.287 e. The number of carbonyl (C=O) groups is 1. The van der Waals surface area contributed by atoms with Gasteiger partial charge in [-0.25, -0.2) is 0 Å². The molecule has 78 valence electrons. The van der Waals surface area contributed by atoms with Gasteiger partial charge in [-0.1, -0.05) is 15.9 Å². The Morgan fingerprint density at radius 1 is 1.64 bits per heavy atom. The third kappa shape index (κ3) is 2.61. The highest BCUT2D eigenvalue weighted by Gasteiger charge is 2.22. The molecule has 0 fully saturated rings. The molecule has 1 N–H and O–H groups in total. The Bertz CT molecular complexity index is 331. The van der Waals surface area contributed by atoms with Crippen molar-refractivity contribution in [3.05, 3.63) is 23.7 Å². The van der Waals surface area contributed by atoms with Gasteiger partial charge in [-0.2, -0.15) is 0 Å². The van der Waals surface area contributed by atoms with Crippen molar-refractivity contribution < 1.29 is 9.21 Å². The molecular formula is C10H14BrNO2. The molecule has 14 heavy (non-hydrogen) atoms. The van der Waals surface area contributed by atoms with Crippen LogP contribution in [0, 0.1) is 6.92 Å². The van der Waals surface area contributed by atoms with Crippen LogP contribution in [0.15, 0.2) is 16.7 Å². The summed E-state index contributed by atoms with van der Waals surface area (Å²) in [5.74, 6) is 0.218. The predicted octanol–water partition coefficient (Wildman–Crippen LogP) is 2.49. The number of furan rings is 1. The number of halogens is 1. The van der Waals surface area contributed by atoms with Gasteiger partial charge >= 0.3 is 0 Å². The molecular weight excluding hydrogens is 246 g/mol. The largest absolute Gasteiger partial charge is 0.459 e. The molecule has 4 heteroatoms.